The van der Waals surface area contributed by atoms with Crippen molar-refractivity contribution < 1.29 is 27.9 Å². The molecule has 3 aromatic rings. The number of nitrogens with one attached hydrogen (secondary N) is 3. The van der Waals surface area contributed by atoms with Crippen LogP contribution in [0.4, 0.5) is 16.2 Å². The number of aromatic nitrogens is 1. The van der Waals surface area contributed by atoms with E-state index in [0.717, 1.165) is 17.5 Å². The number of carbonyl (C=O) groups excluding carboxylic acids is 2. The lowest BCUT2D eigenvalue weighted by atomic mass is 9.70. The summed E-state index contributed by atoms with van der Waals surface area (Å²) in [6.45, 7) is 3.90. The molecule has 5 rings (SSSR count). The first kappa shape index (κ1) is 29.4. The average molecular weight is 591 g/mol. The van der Waals surface area contributed by atoms with Gasteiger partial charge in [-0.25, -0.2) is 17.9 Å². The van der Waals surface area contributed by atoms with Crippen molar-refractivity contribution in [2.75, 3.05) is 16.4 Å². The lowest BCUT2D eigenvalue weighted by Crippen LogP contribution is -2.49. The lowest BCUT2D eigenvalue weighted by molar-refractivity contribution is -0.138. The number of nitrogens with zero attached hydrogens (tertiary/aromatic N) is 1. The van der Waals surface area contributed by atoms with Gasteiger partial charge < -0.3 is 15.7 Å². The summed E-state index contributed by atoms with van der Waals surface area (Å²) >= 11 is 0. The molecular formula is C31H34N4O6S. The van der Waals surface area contributed by atoms with Crippen molar-refractivity contribution >= 4 is 39.2 Å². The van der Waals surface area contributed by atoms with Crippen LogP contribution in [0.2, 0.25) is 0 Å². The maximum Gasteiger partial charge on any atom is 0.323 e. The second-order valence-corrected chi connectivity index (χ2v) is 13.5. The molecule has 2 bridgehead atoms. The molecule has 220 valence electrons. The molecule has 0 radical (unpaired) electrons. The number of hydrogen-bond donors (Lipinski definition) is 4. The van der Waals surface area contributed by atoms with Crippen LogP contribution in [0.25, 0.3) is 11.1 Å². The van der Waals surface area contributed by atoms with Gasteiger partial charge in [-0.05, 0) is 71.6 Å². The SMILES string of the molecule is CC1(C)C2CC[C@@]1(CS(=O)(=O)N[C@@H](Cc1ccc(-c3cccc(NC(=O)Nc4cccnc4)c3)cc1)C(=O)O)C(=O)C2. The highest BCUT2D eigenvalue weighted by atomic mass is 32.2. The summed E-state index contributed by atoms with van der Waals surface area (Å²) in [6, 6.07) is 16.0. The number of amides is 2. The van der Waals surface area contributed by atoms with E-state index in [4.69, 9.17) is 0 Å². The number of Topliss-reactive ketones (excluding diaryl/α,β-unsaturated/α-hetero) is 1. The van der Waals surface area contributed by atoms with Crippen molar-refractivity contribution in [3.63, 3.8) is 0 Å². The first-order valence-electron chi connectivity index (χ1n) is 13.8. The second-order valence-electron chi connectivity index (χ2n) is 11.7. The number of anilines is 2. The Morgan fingerprint density at radius 3 is 2.36 bits per heavy atom. The Morgan fingerprint density at radius 1 is 1.02 bits per heavy atom. The van der Waals surface area contributed by atoms with Crippen LogP contribution in [0.15, 0.2) is 73.1 Å². The van der Waals surface area contributed by atoms with Gasteiger partial charge in [-0.3, -0.25) is 14.6 Å². The Bertz CT molecular complexity index is 1610. The first-order chi connectivity index (χ1) is 19.9. The van der Waals surface area contributed by atoms with Crippen LogP contribution < -0.4 is 15.4 Å². The smallest absolute Gasteiger partial charge is 0.323 e. The molecule has 1 heterocycles. The van der Waals surface area contributed by atoms with Gasteiger partial charge in [-0.2, -0.15) is 0 Å². The van der Waals surface area contributed by atoms with E-state index in [-0.39, 0.29) is 18.1 Å². The number of carboxylic acids is 1. The van der Waals surface area contributed by atoms with E-state index in [0.29, 0.717) is 29.8 Å². The Balaban J connectivity index is 1.24. The molecule has 0 aliphatic heterocycles. The van der Waals surface area contributed by atoms with Crippen LogP contribution >= 0.6 is 0 Å². The number of benzene rings is 2. The molecular weight excluding hydrogens is 556 g/mol. The Hall–Kier alpha value is -4.09. The van der Waals surface area contributed by atoms with Gasteiger partial charge in [-0.1, -0.05) is 50.2 Å². The second kappa shape index (κ2) is 11.3. The van der Waals surface area contributed by atoms with Crippen molar-refractivity contribution in [1.29, 1.82) is 0 Å². The Morgan fingerprint density at radius 2 is 1.74 bits per heavy atom. The summed E-state index contributed by atoms with van der Waals surface area (Å²) in [5, 5.41) is 15.3. The van der Waals surface area contributed by atoms with Gasteiger partial charge in [-0.15, -0.1) is 0 Å². The minimum absolute atomic E-state index is 0.0371. The van der Waals surface area contributed by atoms with Crippen molar-refractivity contribution in [3.05, 3.63) is 78.6 Å². The molecule has 11 heteroatoms. The molecule has 2 fully saturated rings. The zero-order chi connectivity index (χ0) is 30.1. The molecule has 1 unspecified atom stereocenters. The Kier molecular flexibility index (Phi) is 7.91. The van der Waals surface area contributed by atoms with Crippen LogP contribution in [0.3, 0.4) is 0 Å². The largest absolute Gasteiger partial charge is 0.480 e. The number of carbonyl (C=O) groups is 3. The summed E-state index contributed by atoms with van der Waals surface area (Å²) in [5.74, 6) is -1.56. The fourth-order valence-corrected chi connectivity index (χ4v) is 8.47. The van der Waals surface area contributed by atoms with Crippen molar-refractivity contribution in [2.24, 2.45) is 16.7 Å². The highest BCUT2D eigenvalue weighted by Gasteiger charge is 2.65. The van der Waals surface area contributed by atoms with E-state index in [1.54, 1.807) is 42.6 Å². The molecule has 42 heavy (non-hydrogen) atoms. The predicted octanol–water partition coefficient (Wildman–Crippen LogP) is 4.70. The number of aliphatic carboxylic acids is 1. The molecule has 2 amide bonds. The summed E-state index contributed by atoms with van der Waals surface area (Å²) in [5.41, 5.74) is 2.02. The van der Waals surface area contributed by atoms with Crippen LogP contribution in [0.1, 0.15) is 38.7 Å². The number of ketones is 1. The molecule has 2 aromatic carbocycles. The highest BCUT2D eigenvalue weighted by molar-refractivity contribution is 7.89. The molecule has 10 nitrogen and oxygen atoms in total. The molecule has 2 saturated carbocycles. The van der Waals surface area contributed by atoms with Gasteiger partial charge in [0.05, 0.1) is 17.6 Å². The number of pyridine rings is 1. The van der Waals surface area contributed by atoms with Gasteiger partial charge >= 0.3 is 12.0 Å². The topological polar surface area (TPSA) is 155 Å². The third kappa shape index (κ3) is 5.93. The fourth-order valence-electron chi connectivity index (χ4n) is 6.45. The van der Waals surface area contributed by atoms with Crippen molar-refractivity contribution in [1.82, 2.24) is 9.71 Å². The molecule has 3 atom stereocenters. The highest BCUT2D eigenvalue weighted by Crippen LogP contribution is 2.64. The Labute approximate surface area is 245 Å². The number of carboxylic acid groups (broad SMARTS) is 1. The number of hydrogen-bond acceptors (Lipinski definition) is 6. The van der Waals surface area contributed by atoms with Gasteiger partial charge in [0.15, 0.2) is 0 Å². The molecule has 2 aliphatic carbocycles. The van der Waals surface area contributed by atoms with E-state index in [2.05, 4.69) is 20.3 Å². The molecule has 1 aromatic heterocycles. The van der Waals surface area contributed by atoms with Gasteiger partial charge in [0.1, 0.15) is 11.8 Å². The van der Waals surface area contributed by atoms with Crippen molar-refractivity contribution in [3.8, 4) is 11.1 Å². The van der Waals surface area contributed by atoms with E-state index in [1.165, 1.54) is 6.20 Å². The van der Waals surface area contributed by atoms with Crippen LogP contribution in [0, 0.1) is 16.7 Å². The van der Waals surface area contributed by atoms with Crippen molar-refractivity contribution in [2.45, 2.75) is 45.6 Å². The molecule has 0 saturated heterocycles. The maximum atomic E-state index is 13.2. The third-order valence-corrected chi connectivity index (χ3v) is 10.5. The molecule has 0 spiro atoms. The minimum Gasteiger partial charge on any atom is -0.480 e. The first-order valence-corrected chi connectivity index (χ1v) is 15.5. The van der Waals surface area contributed by atoms with Gasteiger partial charge in [0, 0.05) is 23.7 Å². The summed E-state index contributed by atoms with van der Waals surface area (Å²) in [7, 11) is -4.06. The normalized spacial score (nSPS) is 21.6. The van der Waals surface area contributed by atoms with E-state index < -0.39 is 44.6 Å². The number of rotatable bonds is 10. The average Bonchev–Trinajstić information content (AvgIpc) is 3.28. The van der Waals surface area contributed by atoms with Gasteiger partial charge in [0.2, 0.25) is 10.0 Å². The predicted molar refractivity (Wildman–Crippen MR) is 159 cm³/mol. The monoisotopic (exact) mass is 590 g/mol. The summed E-state index contributed by atoms with van der Waals surface area (Å²) < 4.78 is 28.8. The lowest BCUT2D eigenvalue weighted by Gasteiger charge is -2.36. The molecule has 2 aliphatic rings. The fraction of sp³-hybridized carbons (Fsp3) is 0.355. The zero-order valence-electron chi connectivity index (χ0n) is 23.5. The third-order valence-electron chi connectivity index (χ3n) is 8.96. The number of fused-ring (bicyclic) bond motifs is 2. The zero-order valence-corrected chi connectivity index (χ0v) is 24.3. The summed E-state index contributed by atoms with van der Waals surface area (Å²) in [6.07, 6.45) is 4.79. The maximum absolute atomic E-state index is 13.2. The summed E-state index contributed by atoms with van der Waals surface area (Å²) in [4.78, 5) is 41.2. The number of sulfonamides is 1. The number of urea groups is 1. The van der Waals surface area contributed by atoms with Crippen LogP contribution in [-0.2, 0) is 26.0 Å². The van der Waals surface area contributed by atoms with E-state index in [1.807, 2.05) is 38.1 Å². The standard InChI is InChI=1S/C31H34N4O6S/c1-30(2)23-12-13-31(30,27(36)17-23)19-42(40,41)35-26(28(37)38)15-20-8-10-21(11-9-20)22-5-3-6-24(16-22)33-29(39)34-25-7-4-14-32-18-25/h3-11,14,16,18,23,26,35H,12-13,15,17,19H2,1-2H3,(H,37,38)(H2,33,34,39)/t23?,26-,31+/m0/s1. The molecule has 4 N–H and O–H groups in total. The quantitative estimate of drug-likeness (QED) is 0.267. The van der Waals surface area contributed by atoms with Gasteiger partial charge in [0.25, 0.3) is 0 Å². The van der Waals surface area contributed by atoms with E-state index in [9.17, 15) is 27.9 Å². The minimum atomic E-state index is -4.06. The van der Waals surface area contributed by atoms with E-state index >= 15 is 0 Å². The van der Waals surface area contributed by atoms with Crippen LogP contribution in [-0.4, -0.2) is 48.1 Å². The van der Waals surface area contributed by atoms with Crippen LogP contribution in [0.5, 0.6) is 0 Å².